The SMILES string of the molecule is C[C@@H](Sc1nnc(-c2ccco2)o1)C(=O)Nc1ccc(F)cc1F. The van der Waals surface area contributed by atoms with Crippen LogP contribution in [0.4, 0.5) is 14.5 Å². The summed E-state index contributed by atoms with van der Waals surface area (Å²) in [6.07, 6.45) is 1.47. The first-order chi connectivity index (χ1) is 11.5. The Balaban J connectivity index is 1.64. The minimum atomic E-state index is -0.849. The van der Waals surface area contributed by atoms with Gasteiger partial charge >= 0.3 is 0 Å². The highest BCUT2D eigenvalue weighted by Crippen LogP contribution is 2.27. The molecular formula is C15H11F2N3O3S. The average molecular weight is 351 g/mol. The van der Waals surface area contributed by atoms with Gasteiger partial charge in [0.2, 0.25) is 5.91 Å². The Morgan fingerprint density at radius 1 is 1.29 bits per heavy atom. The zero-order valence-electron chi connectivity index (χ0n) is 12.3. The normalized spacial score (nSPS) is 12.1. The molecule has 0 fully saturated rings. The maximum absolute atomic E-state index is 13.5. The van der Waals surface area contributed by atoms with Crippen molar-refractivity contribution in [1.29, 1.82) is 0 Å². The van der Waals surface area contributed by atoms with E-state index in [0.29, 0.717) is 11.8 Å². The summed E-state index contributed by atoms with van der Waals surface area (Å²) in [6, 6.07) is 6.25. The van der Waals surface area contributed by atoms with Gasteiger partial charge in [-0.15, -0.1) is 10.2 Å². The van der Waals surface area contributed by atoms with Gasteiger partial charge in [0.15, 0.2) is 5.76 Å². The number of carbonyl (C=O) groups is 1. The van der Waals surface area contributed by atoms with Crippen LogP contribution in [0.15, 0.2) is 50.7 Å². The highest BCUT2D eigenvalue weighted by molar-refractivity contribution is 8.00. The lowest BCUT2D eigenvalue weighted by atomic mass is 10.3. The van der Waals surface area contributed by atoms with Gasteiger partial charge in [0, 0.05) is 6.07 Å². The van der Waals surface area contributed by atoms with E-state index >= 15 is 0 Å². The van der Waals surface area contributed by atoms with E-state index in [1.54, 1.807) is 19.1 Å². The van der Waals surface area contributed by atoms with Gasteiger partial charge in [0.05, 0.1) is 17.2 Å². The Kier molecular flexibility index (Phi) is 4.61. The lowest BCUT2D eigenvalue weighted by Gasteiger charge is -2.10. The largest absolute Gasteiger partial charge is 0.459 e. The summed E-state index contributed by atoms with van der Waals surface area (Å²) in [4.78, 5) is 12.1. The van der Waals surface area contributed by atoms with Crippen molar-refractivity contribution < 1.29 is 22.4 Å². The maximum atomic E-state index is 13.5. The molecule has 1 atom stereocenters. The zero-order chi connectivity index (χ0) is 17.1. The van der Waals surface area contributed by atoms with Crippen LogP contribution in [-0.4, -0.2) is 21.4 Å². The Bertz CT molecular complexity index is 852. The molecule has 0 spiro atoms. The van der Waals surface area contributed by atoms with E-state index in [2.05, 4.69) is 15.5 Å². The van der Waals surface area contributed by atoms with Crippen LogP contribution >= 0.6 is 11.8 Å². The molecule has 0 radical (unpaired) electrons. The van der Waals surface area contributed by atoms with Gasteiger partial charge in [-0.3, -0.25) is 4.79 Å². The first kappa shape index (κ1) is 16.2. The summed E-state index contributed by atoms with van der Waals surface area (Å²) < 4.78 is 36.9. The molecule has 24 heavy (non-hydrogen) atoms. The van der Waals surface area contributed by atoms with Gasteiger partial charge in [-0.05, 0) is 31.2 Å². The minimum Gasteiger partial charge on any atom is -0.459 e. The van der Waals surface area contributed by atoms with Crippen molar-refractivity contribution in [1.82, 2.24) is 10.2 Å². The summed E-state index contributed by atoms with van der Waals surface area (Å²) in [5.41, 5.74) is -0.101. The highest BCUT2D eigenvalue weighted by Gasteiger charge is 2.20. The van der Waals surface area contributed by atoms with E-state index in [4.69, 9.17) is 8.83 Å². The number of carbonyl (C=O) groups excluding carboxylic acids is 1. The molecule has 0 aliphatic heterocycles. The fourth-order valence-corrected chi connectivity index (χ4v) is 2.47. The molecule has 6 nitrogen and oxygen atoms in total. The molecule has 9 heteroatoms. The zero-order valence-corrected chi connectivity index (χ0v) is 13.1. The Morgan fingerprint density at radius 2 is 2.12 bits per heavy atom. The molecule has 0 aliphatic carbocycles. The van der Waals surface area contributed by atoms with Gasteiger partial charge in [0.1, 0.15) is 11.6 Å². The molecular weight excluding hydrogens is 340 g/mol. The third-order valence-corrected chi connectivity index (χ3v) is 3.91. The maximum Gasteiger partial charge on any atom is 0.284 e. The number of thioether (sulfide) groups is 1. The molecule has 2 aromatic heterocycles. The fraction of sp³-hybridized carbons (Fsp3) is 0.133. The van der Waals surface area contributed by atoms with Crippen molar-refractivity contribution in [2.45, 2.75) is 17.4 Å². The summed E-state index contributed by atoms with van der Waals surface area (Å²) in [5, 5.41) is 9.54. The number of nitrogens with one attached hydrogen (secondary N) is 1. The number of hydrogen-bond donors (Lipinski definition) is 1. The molecule has 124 valence electrons. The monoisotopic (exact) mass is 351 g/mol. The number of amides is 1. The van der Waals surface area contributed by atoms with Crippen molar-refractivity contribution in [2.75, 3.05) is 5.32 Å². The lowest BCUT2D eigenvalue weighted by Crippen LogP contribution is -2.23. The van der Waals surface area contributed by atoms with Crippen molar-refractivity contribution in [2.24, 2.45) is 0 Å². The van der Waals surface area contributed by atoms with E-state index in [1.165, 1.54) is 6.26 Å². The number of aromatic nitrogens is 2. The van der Waals surface area contributed by atoms with Gasteiger partial charge in [-0.1, -0.05) is 11.8 Å². The molecule has 0 saturated carbocycles. The fourth-order valence-electron chi connectivity index (χ4n) is 1.79. The molecule has 0 unspecified atom stereocenters. The first-order valence-corrected chi connectivity index (χ1v) is 7.71. The van der Waals surface area contributed by atoms with Crippen LogP contribution < -0.4 is 5.32 Å². The van der Waals surface area contributed by atoms with E-state index in [9.17, 15) is 13.6 Å². The standard InChI is InChI=1S/C15H11F2N3O3S/c1-8(13(21)18-11-5-4-9(16)7-10(11)17)24-15-20-19-14(23-15)12-3-2-6-22-12/h2-8H,1H3,(H,18,21)/t8-/m1/s1. The van der Waals surface area contributed by atoms with Gasteiger partial charge in [-0.2, -0.15) is 0 Å². The van der Waals surface area contributed by atoms with Crippen LogP contribution in [0.5, 0.6) is 0 Å². The minimum absolute atomic E-state index is 0.101. The molecule has 1 aromatic carbocycles. The third kappa shape index (κ3) is 3.62. The number of benzene rings is 1. The van der Waals surface area contributed by atoms with Crippen LogP contribution in [0, 0.1) is 11.6 Å². The molecule has 0 saturated heterocycles. The molecule has 0 aliphatic rings. The molecule has 1 N–H and O–H groups in total. The lowest BCUT2D eigenvalue weighted by molar-refractivity contribution is -0.115. The third-order valence-electron chi connectivity index (χ3n) is 2.97. The highest BCUT2D eigenvalue weighted by atomic mass is 32.2. The smallest absolute Gasteiger partial charge is 0.284 e. The number of halogens is 2. The van der Waals surface area contributed by atoms with E-state index < -0.39 is 22.8 Å². The average Bonchev–Trinajstić information content (AvgIpc) is 3.20. The molecule has 2 heterocycles. The van der Waals surface area contributed by atoms with Crippen LogP contribution in [-0.2, 0) is 4.79 Å². The second-order valence-electron chi connectivity index (χ2n) is 4.72. The van der Waals surface area contributed by atoms with E-state index in [1.807, 2.05) is 0 Å². The van der Waals surface area contributed by atoms with Gasteiger partial charge < -0.3 is 14.2 Å². The second-order valence-corrected chi connectivity index (χ2v) is 6.02. The Labute approximate surface area is 139 Å². The van der Waals surface area contributed by atoms with Crippen molar-refractivity contribution in [3.05, 3.63) is 48.2 Å². The van der Waals surface area contributed by atoms with E-state index in [0.717, 1.165) is 23.9 Å². The molecule has 3 aromatic rings. The Hall–Kier alpha value is -2.68. The molecule has 1 amide bonds. The van der Waals surface area contributed by atoms with Gasteiger partial charge in [-0.25, -0.2) is 8.78 Å². The Morgan fingerprint density at radius 3 is 2.83 bits per heavy atom. The summed E-state index contributed by atoms with van der Waals surface area (Å²) >= 11 is 1.01. The molecule has 3 rings (SSSR count). The van der Waals surface area contributed by atoms with Crippen LogP contribution in [0.3, 0.4) is 0 Å². The second kappa shape index (κ2) is 6.83. The quantitative estimate of drug-likeness (QED) is 0.706. The van der Waals surface area contributed by atoms with Crippen LogP contribution in [0.1, 0.15) is 6.92 Å². The summed E-state index contributed by atoms with van der Waals surface area (Å²) in [5.74, 6) is -1.44. The van der Waals surface area contributed by atoms with Crippen molar-refractivity contribution in [3.63, 3.8) is 0 Å². The number of rotatable bonds is 5. The van der Waals surface area contributed by atoms with Crippen molar-refractivity contribution >= 4 is 23.4 Å². The van der Waals surface area contributed by atoms with E-state index in [-0.39, 0.29) is 16.8 Å². The van der Waals surface area contributed by atoms with Crippen LogP contribution in [0.2, 0.25) is 0 Å². The summed E-state index contributed by atoms with van der Waals surface area (Å²) in [6.45, 7) is 1.60. The number of nitrogens with zero attached hydrogens (tertiary/aromatic N) is 2. The van der Waals surface area contributed by atoms with Gasteiger partial charge in [0.25, 0.3) is 11.1 Å². The number of furan rings is 1. The van der Waals surface area contributed by atoms with Crippen LogP contribution in [0.25, 0.3) is 11.7 Å². The first-order valence-electron chi connectivity index (χ1n) is 6.83. The molecule has 0 bridgehead atoms. The predicted octanol–water partition coefficient (Wildman–Crippen LogP) is 3.73. The number of hydrogen-bond acceptors (Lipinski definition) is 6. The topological polar surface area (TPSA) is 81.2 Å². The summed E-state index contributed by atoms with van der Waals surface area (Å²) in [7, 11) is 0. The van der Waals surface area contributed by atoms with Crippen molar-refractivity contribution in [3.8, 4) is 11.7 Å². The predicted molar refractivity (Wildman–Crippen MR) is 82.3 cm³/mol. The number of anilines is 1.